The first-order valence-electron chi connectivity index (χ1n) is 9.54. The van der Waals surface area contributed by atoms with Gasteiger partial charge >= 0.3 is 0 Å². The smallest absolute Gasteiger partial charge is 0.193 e. The van der Waals surface area contributed by atoms with Crippen LogP contribution in [0.1, 0.15) is 59.4 Å². The van der Waals surface area contributed by atoms with Gasteiger partial charge in [-0.25, -0.2) is 0 Å². The van der Waals surface area contributed by atoms with Crippen LogP contribution in [0.4, 0.5) is 0 Å². The fraction of sp³-hybridized carbons (Fsp3) is 0.636. The molecule has 1 aromatic rings. The summed E-state index contributed by atoms with van der Waals surface area (Å²) >= 11 is 0. The third-order valence-corrected chi connectivity index (χ3v) is 10.2. The van der Waals surface area contributed by atoms with Gasteiger partial charge in [0.1, 0.15) is 11.9 Å². The second-order valence-corrected chi connectivity index (χ2v) is 15.1. The molecular formula is C22H34O3Si. The Morgan fingerprint density at radius 3 is 2.04 bits per heavy atom. The maximum absolute atomic E-state index is 13.0. The summed E-state index contributed by atoms with van der Waals surface area (Å²) < 4.78 is 6.47. The predicted octanol–water partition coefficient (Wildman–Crippen LogP) is 5.36. The molecular weight excluding hydrogens is 340 g/mol. The summed E-state index contributed by atoms with van der Waals surface area (Å²) in [6.07, 6.45) is -0.0771. The minimum atomic E-state index is -2.10. The highest BCUT2D eigenvalue weighted by atomic mass is 28.4. The summed E-state index contributed by atoms with van der Waals surface area (Å²) in [5, 5.41) is 0.0228. The highest BCUT2D eigenvalue weighted by molar-refractivity contribution is 6.74. The molecule has 1 aromatic carbocycles. The molecule has 1 aliphatic rings. The summed E-state index contributed by atoms with van der Waals surface area (Å²) in [5.41, 5.74) is 0.910. The first-order valence-corrected chi connectivity index (χ1v) is 12.4. The lowest BCUT2D eigenvalue weighted by atomic mass is 9.63. The first kappa shape index (κ1) is 21.0. The standard InChI is InChI=1S/C22H34O3Si/c1-21(2,3)14-16(23)18-17(15-12-10-9-11-13-15)20(19(18)24)25-26(7,8)22(4,5)6/h9-13,17-18,20H,14H2,1-8H3/t17-,18?,20-/m1/s1. The van der Waals surface area contributed by atoms with E-state index in [0.29, 0.717) is 6.42 Å². The van der Waals surface area contributed by atoms with Crippen molar-refractivity contribution < 1.29 is 14.0 Å². The van der Waals surface area contributed by atoms with Gasteiger partial charge in [0, 0.05) is 12.3 Å². The van der Waals surface area contributed by atoms with Gasteiger partial charge in [0.15, 0.2) is 14.1 Å². The Balaban J connectivity index is 2.32. The van der Waals surface area contributed by atoms with Crippen molar-refractivity contribution in [3.05, 3.63) is 35.9 Å². The number of benzene rings is 1. The van der Waals surface area contributed by atoms with E-state index in [9.17, 15) is 9.59 Å². The highest BCUT2D eigenvalue weighted by Gasteiger charge is 2.57. The number of hydrogen-bond acceptors (Lipinski definition) is 3. The Kier molecular flexibility index (Phi) is 5.70. The minimum Gasteiger partial charge on any atom is -0.406 e. The Bertz CT molecular complexity index is 665. The van der Waals surface area contributed by atoms with Crippen molar-refractivity contribution in [1.29, 1.82) is 0 Å². The van der Waals surface area contributed by atoms with E-state index in [4.69, 9.17) is 4.43 Å². The molecule has 1 saturated carbocycles. The average molecular weight is 375 g/mol. The largest absolute Gasteiger partial charge is 0.406 e. The molecule has 3 atom stereocenters. The van der Waals surface area contributed by atoms with Crippen LogP contribution in [0.25, 0.3) is 0 Å². The maximum atomic E-state index is 13.0. The van der Waals surface area contributed by atoms with Crippen LogP contribution >= 0.6 is 0 Å². The maximum Gasteiger partial charge on any atom is 0.193 e. The Hall–Kier alpha value is -1.26. The molecule has 2 rings (SSSR count). The van der Waals surface area contributed by atoms with E-state index >= 15 is 0 Å². The monoisotopic (exact) mass is 374 g/mol. The molecule has 0 aromatic heterocycles. The van der Waals surface area contributed by atoms with Crippen molar-refractivity contribution in [2.24, 2.45) is 11.3 Å². The van der Waals surface area contributed by atoms with Gasteiger partial charge in [-0.15, -0.1) is 0 Å². The van der Waals surface area contributed by atoms with E-state index in [1.54, 1.807) is 0 Å². The molecule has 0 amide bonds. The van der Waals surface area contributed by atoms with Crippen LogP contribution < -0.4 is 0 Å². The van der Waals surface area contributed by atoms with Crippen LogP contribution in [0.15, 0.2) is 30.3 Å². The lowest BCUT2D eigenvalue weighted by Crippen LogP contribution is -2.60. The molecule has 0 spiro atoms. The van der Waals surface area contributed by atoms with E-state index in [1.807, 2.05) is 51.1 Å². The van der Waals surface area contributed by atoms with Gasteiger partial charge in [-0.05, 0) is 29.1 Å². The molecule has 0 N–H and O–H groups in total. The Morgan fingerprint density at radius 2 is 1.58 bits per heavy atom. The number of hydrogen-bond donors (Lipinski definition) is 0. The summed E-state index contributed by atoms with van der Waals surface area (Å²) in [6.45, 7) is 16.9. The van der Waals surface area contributed by atoms with Crippen LogP contribution in [-0.4, -0.2) is 26.0 Å². The molecule has 0 aliphatic heterocycles. The van der Waals surface area contributed by atoms with E-state index in [1.165, 1.54) is 0 Å². The third kappa shape index (κ3) is 4.34. The molecule has 4 heteroatoms. The summed E-state index contributed by atoms with van der Waals surface area (Å²) in [5.74, 6) is -0.705. The first-order chi connectivity index (χ1) is 11.7. The van der Waals surface area contributed by atoms with Crippen molar-refractivity contribution >= 4 is 19.9 Å². The van der Waals surface area contributed by atoms with Gasteiger partial charge in [-0.1, -0.05) is 71.9 Å². The van der Waals surface area contributed by atoms with Crippen molar-refractivity contribution in [1.82, 2.24) is 0 Å². The van der Waals surface area contributed by atoms with Crippen LogP contribution in [0, 0.1) is 11.3 Å². The zero-order chi connectivity index (χ0) is 19.9. The van der Waals surface area contributed by atoms with Gasteiger partial charge in [0.25, 0.3) is 0 Å². The summed E-state index contributed by atoms with van der Waals surface area (Å²) in [4.78, 5) is 25.8. The molecule has 3 nitrogen and oxygen atoms in total. The van der Waals surface area contributed by atoms with Gasteiger partial charge < -0.3 is 4.43 Å². The van der Waals surface area contributed by atoms with Gasteiger partial charge in [-0.2, -0.15) is 0 Å². The number of rotatable bonds is 5. The lowest BCUT2D eigenvalue weighted by molar-refractivity contribution is -0.152. The third-order valence-electron chi connectivity index (χ3n) is 5.74. The second kappa shape index (κ2) is 7.04. The molecule has 144 valence electrons. The topological polar surface area (TPSA) is 43.4 Å². The zero-order valence-electron chi connectivity index (χ0n) is 17.6. The van der Waals surface area contributed by atoms with E-state index in [-0.39, 0.29) is 27.9 Å². The Morgan fingerprint density at radius 1 is 1.04 bits per heavy atom. The fourth-order valence-electron chi connectivity index (χ4n) is 3.25. The van der Waals surface area contributed by atoms with Crippen LogP contribution in [0.3, 0.4) is 0 Å². The number of Topliss-reactive ketones (excluding diaryl/α,β-unsaturated/α-hetero) is 2. The molecule has 1 unspecified atom stereocenters. The molecule has 0 heterocycles. The molecule has 1 aliphatic carbocycles. The highest BCUT2D eigenvalue weighted by Crippen LogP contribution is 2.48. The van der Waals surface area contributed by atoms with E-state index in [0.717, 1.165) is 5.56 Å². The van der Waals surface area contributed by atoms with E-state index in [2.05, 4.69) is 33.9 Å². The van der Waals surface area contributed by atoms with Crippen molar-refractivity contribution in [2.75, 3.05) is 0 Å². The molecule has 0 bridgehead atoms. The van der Waals surface area contributed by atoms with Crippen molar-refractivity contribution in [3.63, 3.8) is 0 Å². The number of carbonyl (C=O) groups excluding carboxylic acids is 2. The van der Waals surface area contributed by atoms with Gasteiger partial charge in [0.05, 0.1) is 5.92 Å². The summed E-state index contributed by atoms with van der Waals surface area (Å²) in [6, 6.07) is 9.91. The van der Waals surface area contributed by atoms with Crippen LogP contribution in [0.5, 0.6) is 0 Å². The normalized spacial score (nSPS) is 24.3. The summed E-state index contributed by atoms with van der Waals surface area (Å²) in [7, 11) is -2.10. The lowest BCUT2D eigenvalue weighted by Gasteiger charge is -2.48. The van der Waals surface area contributed by atoms with Gasteiger partial charge in [0.2, 0.25) is 0 Å². The number of ketones is 2. The second-order valence-electron chi connectivity index (χ2n) is 10.3. The quantitative estimate of drug-likeness (QED) is 0.514. The van der Waals surface area contributed by atoms with Crippen molar-refractivity contribution in [3.8, 4) is 0 Å². The number of carbonyl (C=O) groups is 2. The molecule has 1 fully saturated rings. The van der Waals surface area contributed by atoms with Crippen LogP contribution in [-0.2, 0) is 14.0 Å². The predicted molar refractivity (Wildman–Crippen MR) is 109 cm³/mol. The minimum absolute atomic E-state index is 0.0228. The SMILES string of the molecule is CC(C)(C)CC(=O)C1C(=O)[C@H](O[Si](C)(C)C(C)(C)C)[C@@H]1c1ccccc1. The van der Waals surface area contributed by atoms with Crippen molar-refractivity contribution in [2.45, 2.75) is 78.1 Å². The van der Waals surface area contributed by atoms with E-state index < -0.39 is 20.3 Å². The zero-order valence-corrected chi connectivity index (χ0v) is 18.6. The molecule has 26 heavy (non-hydrogen) atoms. The van der Waals surface area contributed by atoms with Crippen LogP contribution in [0.2, 0.25) is 18.1 Å². The molecule has 0 saturated heterocycles. The Labute approximate surface area is 159 Å². The average Bonchev–Trinajstić information content (AvgIpc) is 2.47. The fourth-order valence-corrected chi connectivity index (χ4v) is 4.50. The molecule has 0 radical (unpaired) electrons. The van der Waals surface area contributed by atoms with Gasteiger partial charge in [-0.3, -0.25) is 9.59 Å².